The number of carbonyl (C=O) groups is 1. The van der Waals surface area contributed by atoms with Crippen molar-refractivity contribution in [2.45, 2.75) is 19.9 Å². The van der Waals surface area contributed by atoms with Crippen molar-refractivity contribution in [1.82, 2.24) is 15.3 Å². The van der Waals surface area contributed by atoms with Gasteiger partial charge in [-0.05, 0) is 24.1 Å². The number of rotatable bonds is 6. The molecule has 0 aliphatic carbocycles. The molecule has 2 rings (SSSR count). The minimum Gasteiger partial charge on any atom is -0.484 e. The number of ether oxygens (including phenoxy) is 1. The summed E-state index contributed by atoms with van der Waals surface area (Å²) in [5.41, 5.74) is 2.11. The number of carbonyl (C=O) groups excluding carboxylic acids is 1. The zero-order valence-corrected chi connectivity index (χ0v) is 10.8. The van der Waals surface area contributed by atoms with Crippen LogP contribution < -0.4 is 10.1 Å². The van der Waals surface area contributed by atoms with E-state index in [2.05, 4.69) is 22.2 Å². The molecular weight excluding hydrogens is 242 g/mol. The van der Waals surface area contributed by atoms with Crippen molar-refractivity contribution in [3.63, 3.8) is 0 Å². The van der Waals surface area contributed by atoms with Crippen molar-refractivity contribution in [3.05, 3.63) is 48.0 Å². The molecule has 0 saturated carbocycles. The van der Waals surface area contributed by atoms with Gasteiger partial charge < -0.3 is 15.0 Å². The van der Waals surface area contributed by atoms with Gasteiger partial charge in [0, 0.05) is 6.20 Å². The van der Waals surface area contributed by atoms with Crippen LogP contribution in [0.5, 0.6) is 5.75 Å². The SMILES string of the molecule is CCc1ccc(OCC(=O)NCc2cnc[nH]2)cc1. The highest BCUT2D eigenvalue weighted by Gasteiger charge is 2.03. The first-order valence-corrected chi connectivity index (χ1v) is 6.23. The van der Waals surface area contributed by atoms with Crippen molar-refractivity contribution >= 4 is 5.91 Å². The van der Waals surface area contributed by atoms with Crippen LogP contribution in [0.2, 0.25) is 0 Å². The molecule has 1 heterocycles. The molecule has 2 aromatic rings. The highest BCUT2D eigenvalue weighted by Crippen LogP contribution is 2.12. The lowest BCUT2D eigenvalue weighted by atomic mass is 10.2. The highest BCUT2D eigenvalue weighted by atomic mass is 16.5. The largest absolute Gasteiger partial charge is 0.484 e. The van der Waals surface area contributed by atoms with Gasteiger partial charge >= 0.3 is 0 Å². The van der Waals surface area contributed by atoms with Crippen LogP contribution in [0.25, 0.3) is 0 Å². The van der Waals surface area contributed by atoms with E-state index in [1.807, 2.05) is 24.3 Å². The van der Waals surface area contributed by atoms with Gasteiger partial charge in [-0.3, -0.25) is 4.79 Å². The quantitative estimate of drug-likeness (QED) is 0.829. The average molecular weight is 259 g/mol. The lowest BCUT2D eigenvalue weighted by Gasteiger charge is -2.07. The van der Waals surface area contributed by atoms with Gasteiger partial charge in [0.05, 0.1) is 18.6 Å². The van der Waals surface area contributed by atoms with E-state index in [0.717, 1.165) is 12.1 Å². The molecule has 0 bridgehead atoms. The van der Waals surface area contributed by atoms with E-state index < -0.39 is 0 Å². The molecule has 19 heavy (non-hydrogen) atoms. The first kappa shape index (κ1) is 13.1. The zero-order chi connectivity index (χ0) is 13.5. The first-order valence-electron chi connectivity index (χ1n) is 6.23. The number of hydrogen-bond acceptors (Lipinski definition) is 3. The summed E-state index contributed by atoms with van der Waals surface area (Å²) < 4.78 is 5.40. The molecular formula is C14H17N3O2. The predicted octanol–water partition coefficient (Wildman–Crippen LogP) is 1.67. The van der Waals surface area contributed by atoms with Crippen LogP contribution in [0.1, 0.15) is 18.2 Å². The maximum absolute atomic E-state index is 11.6. The third-order valence-electron chi connectivity index (χ3n) is 2.73. The molecule has 1 amide bonds. The summed E-state index contributed by atoms with van der Waals surface area (Å²) in [4.78, 5) is 18.3. The van der Waals surface area contributed by atoms with Crippen molar-refractivity contribution in [2.24, 2.45) is 0 Å². The van der Waals surface area contributed by atoms with E-state index in [1.165, 1.54) is 5.56 Å². The number of hydrogen-bond donors (Lipinski definition) is 2. The Labute approximate surface area is 112 Å². The molecule has 1 aromatic carbocycles. The zero-order valence-electron chi connectivity index (χ0n) is 10.8. The van der Waals surface area contributed by atoms with Gasteiger partial charge in [0.25, 0.3) is 5.91 Å². The topological polar surface area (TPSA) is 67.0 Å². The van der Waals surface area contributed by atoms with Gasteiger partial charge in [0.2, 0.25) is 0 Å². The molecule has 1 aromatic heterocycles. The van der Waals surface area contributed by atoms with Crippen molar-refractivity contribution < 1.29 is 9.53 Å². The van der Waals surface area contributed by atoms with E-state index in [9.17, 15) is 4.79 Å². The fourth-order valence-electron chi connectivity index (χ4n) is 1.60. The van der Waals surface area contributed by atoms with Gasteiger partial charge in [-0.1, -0.05) is 19.1 Å². The van der Waals surface area contributed by atoms with Crippen molar-refractivity contribution in [1.29, 1.82) is 0 Å². The number of amides is 1. The molecule has 5 nitrogen and oxygen atoms in total. The Morgan fingerprint density at radius 2 is 2.16 bits per heavy atom. The minimum atomic E-state index is -0.158. The summed E-state index contributed by atoms with van der Waals surface area (Å²) >= 11 is 0. The number of aromatic nitrogens is 2. The second-order valence-electron chi connectivity index (χ2n) is 4.14. The third kappa shape index (κ3) is 4.13. The van der Waals surface area contributed by atoms with Crippen LogP contribution in [0, 0.1) is 0 Å². The maximum atomic E-state index is 11.6. The normalized spacial score (nSPS) is 10.2. The minimum absolute atomic E-state index is 0.0135. The molecule has 0 radical (unpaired) electrons. The Balaban J connectivity index is 1.73. The molecule has 0 atom stereocenters. The lowest BCUT2D eigenvalue weighted by Crippen LogP contribution is -2.28. The summed E-state index contributed by atoms with van der Waals surface area (Å²) in [7, 11) is 0. The first-order chi connectivity index (χ1) is 9.28. The van der Waals surface area contributed by atoms with Gasteiger partial charge in [0.1, 0.15) is 5.75 Å². The number of H-pyrrole nitrogens is 1. The second-order valence-corrected chi connectivity index (χ2v) is 4.14. The molecule has 100 valence electrons. The van der Waals surface area contributed by atoms with Crippen LogP contribution in [-0.4, -0.2) is 22.5 Å². The number of benzene rings is 1. The monoisotopic (exact) mass is 259 g/mol. The summed E-state index contributed by atoms with van der Waals surface area (Å²) in [6, 6.07) is 7.75. The molecule has 0 unspecified atom stereocenters. The van der Waals surface area contributed by atoms with Crippen LogP contribution in [0.3, 0.4) is 0 Å². The third-order valence-corrected chi connectivity index (χ3v) is 2.73. The molecule has 0 fully saturated rings. The number of aromatic amines is 1. The molecule has 2 N–H and O–H groups in total. The predicted molar refractivity (Wildman–Crippen MR) is 71.7 cm³/mol. The van der Waals surface area contributed by atoms with Crippen molar-refractivity contribution in [2.75, 3.05) is 6.61 Å². The van der Waals surface area contributed by atoms with Crippen LogP contribution >= 0.6 is 0 Å². The van der Waals surface area contributed by atoms with E-state index in [1.54, 1.807) is 12.5 Å². The van der Waals surface area contributed by atoms with Gasteiger partial charge in [-0.25, -0.2) is 4.98 Å². The Bertz CT molecular complexity index is 506. The Morgan fingerprint density at radius 1 is 1.37 bits per heavy atom. The molecule has 0 aliphatic rings. The fraction of sp³-hybridized carbons (Fsp3) is 0.286. The molecule has 5 heteroatoms. The number of imidazole rings is 1. The van der Waals surface area contributed by atoms with E-state index in [0.29, 0.717) is 12.3 Å². The number of nitrogens with one attached hydrogen (secondary N) is 2. The Kier molecular flexibility index (Phi) is 4.55. The second kappa shape index (κ2) is 6.58. The van der Waals surface area contributed by atoms with E-state index in [4.69, 9.17) is 4.74 Å². The van der Waals surface area contributed by atoms with Crippen molar-refractivity contribution in [3.8, 4) is 5.75 Å². The van der Waals surface area contributed by atoms with Gasteiger partial charge in [-0.15, -0.1) is 0 Å². The van der Waals surface area contributed by atoms with Gasteiger partial charge in [-0.2, -0.15) is 0 Å². The Morgan fingerprint density at radius 3 is 2.79 bits per heavy atom. The number of nitrogens with zero attached hydrogens (tertiary/aromatic N) is 1. The van der Waals surface area contributed by atoms with E-state index >= 15 is 0 Å². The standard InChI is InChI=1S/C14H17N3O2/c1-2-11-3-5-13(6-4-11)19-9-14(18)16-8-12-7-15-10-17-12/h3-7,10H,2,8-9H2,1H3,(H,15,17)(H,16,18). The molecule has 0 aliphatic heterocycles. The fourth-order valence-corrected chi connectivity index (χ4v) is 1.60. The highest BCUT2D eigenvalue weighted by molar-refractivity contribution is 5.77. The summed E-state index contributed by atoms with van der Waals surface area (Å²) in [6.07, 6.45) is 4.24. The Hall–Kier alpha value is -2.30. The molecule has 0 spiro atoms. The molecule has 0 saturated heterocycles. The number of aryl methyl sites for hydroxylation is 1. The van der Waals surface area contributed by atoms with E-state index in [-0.39, 0.29) is 12.5 Å². The summed E-state index contributed by atoms with van der Waals surface area (Å²) in [6.45, 7) is 2.54. The lowest BCUT2D eigenvalue weighted by molar-refractivity contribution is -0.123. The summed E-state index contributed by atoms with van der Waals surface area (Å²) in [5.74, 6) is 0.544. The van der Waals surface area contributed by atoms with Crippen LogP contribution in [0.15, 0.2) is 36.8 Å². The smallest absolute Gasteiger partial charge is 0.258 e. The maximum Gasteiger partial charge on any atom is 0.258 e. The van der Waals surface area contributed by atoms with Crippen LogP contribution in [0.4, 0.5) is 0 Å². The van der Waals surface area contributed by atoms with Gasteiger partial charge in [0.15, 0.2) is 6.61 Å². The summed E-state index contributed by atoms with van der Waals surface area (Å²) in [5, 5.41) is 2.74. The average Bonchev–Trinajstić information content (AvgIpc) is 2.96. The van der Waals surface area contributed by atoms with Crippen LogP contribution in [-0.2, 0) is 17.8 Å².